The Hall–Kier alpha value is -3.22. The highest BCUT2D eigenvalue weighted by Crippen LogP contribution is 2.38. The molecule has 0 unspecified atom stereocenters. The lowest BCUT2D eigenvalue weighted by Crippen LogP contribution is -2.31. The van der Waals surface area contributed by atoms with Crippen LogP contribution in [-0.4, -0.2) is 26.4 Å². The predicted molar refractivity (Wildman–Crippen MR) is 122 cm³/mol. The molecule has 0 radical (unpaired) electrons. The maximum atomic E-state index is 14.8. The van der Waals surface area contributed by atoms with Crippen molar-refractivity contribution in [3.8, 4) is 16.9 Å². The maximum absolute atomic E-state index is 14.8. The van der Waals surface area contributed by atoms with Crippen molar-refractivity contribution in [1.82, 2.24) is 0 Å². The topological polar surface area (TPSA) is 36.9 Å². The third kappa shape index (κ3) is 6.51. The summed E-state index contributed by atoms with van der Waals surface area (Å²) in [5.74, 6) is -10.5. The van der Waals surface area contributed by atoms with Crippen LogP contribution in [0.1, 0.15) is 30.8 Å². The van der Waals surface area contributed by atoms with Crippen molar-refractivity contribution in [1.29, 1.82) is 0 Å². The molecule has 0 aliphatic carbocycles. The molecule has 39 heavy (non-hydrogen) atoms. The van der Waals surface area contributed by atoms with Gasteiger partial charge < -0.3 is 18.9 Å². The molecule has 1 fully saturated rings. The summed E-state index contributed by atoms with van der Waals surface area (Å²) in [5.41, 5.74) is -2.79. The Bertz CT molecular complexity index is 1280. The molecule has 4 nitrogen and oxygen atoms in total. The van der Waals surface area contributed by atoms with Gasteiger partial charge in [-0.2, -0.15) is 8.78 Å². The van der Waals surface area contributed by atoms with E-state index < -0.39 is 69.7 Å². The molecule has 0 aromatic heterocycles. The standard InChI is InChI=1S/C27H22F8O4/c1-2-5-36-11-14-12-37-26(38-13-14)16-8-20(29)24(21(30)9-16)27(34,35)39-17-3-4-18(19(28)10-17)15-6-22(31)25(33)23(32)7-15/h3-4,6-10,14,26H,2,5,11-13H2,1H3. The molecule has 1 aliphatic heterocycles. The Morgan fingerprint density at radius 1 is 0.821 bits per heavy atom. The first-order chi connectivity index (χ1) is 18.5. The summed E-state index contributed by atoms with van der Waals surface area (Å²) in [4.78, 5) is 0. The minimum atomic E-state index is -4.59. The second-order valence-corrected chi connectivity index (χ2v) is 8.81. The third-order valence-corrected chi connectivity index (χ3v) is 5.78. The van der Waals surface area contributed by atoms with E-state index in [2.05, 4.69) is 4.74 Å². The first-order valence-electron chi connectivity index (χ1n) is 11.8. The monoisotopic (exact) mass is 562 g/mol. The van der Waals surface area contributed by atoms with E-state index in [0.29, 0.717) is 43.5 Å². The van der Waals surface area contributed by atoms with Crippen molar-refractivity contribution in [3.05, 3.63) is 88.5 Å². The Morgan fingerprint density at radius 2 is 1.44 bits per heavy atom. The minimum Gasteiger partial charge on any atom is -0.429 e. The molecule has 0 bridgehead atoms. The zero-order valence-corrected chi connectivity index (χ0v) is 20.4. The van der Waals surface area contributed by atoms with Crippen LogP contribution >= 0.6 is 0 Å². The van der Waals surface area contributed by atoms with Crippen LogP contribution in [0, 0.1) is 40.8 Å². The molecule has 1 heterocycles. The molecule has 3 aromatic rings. The number of rotatable bonds is 9. The minimum absolute atomic E-state index is 0.104. The van der Waals surface area contributed by atoms with Crippen LogP contribution in [0.2, 0.25) is 0 Å². The van der Waals surface area contributed by atoms with Crippen LogP contribution < -0.4 is 4.74 Å². The van der Waals surface area contributed by atoms with Gasteiger partial charge in [0.15, 0.2) is 23.7 Å². The van der Waals surface area contributed by atoms with E-state index in [1.54, 1.807) is 0 Å². The molecule has 0 amide bonds. The molecule has 0 spiro atoms. The Balaban J connectivity index is 1.49. The maximum Gasteiger partial charge on any atom is 0.432 e. The normalized spacial score (nSPS) is 17.9. The number of hydrogen-bond donors (Lipinski definition) is 0. The fraction of sp³-hybridized carbons (Fsp3) is 0.333. The highest BCUT2D eigenvalue weighted by atomic mass is 19.3. The van der Waals surface area contributed by atoms with E-state index in [-0.39, 0.29) is 24.7 Å². The summed E-state index contributed by atoms with van der Waals surface area (Å²) < 4.78 is 134. The molecule has 0 atom stereocenters. The fourth-order valence-electron chi connectivity index (χ4n) is 3.94. The molecular weight excluding hydrogens is 540 g/mol. The Labute approximate surface area is 218 Å². The van der Waals surface area contributed by atoms with Gasteiger partial charge >= 0.3 is 6.11 Å². The molecule has 3 aromatic carbocycles. The van der Waals surface area contributed by atoms with Crippen LogP contribution in [0.15, 0.2) is 42.5 Å². The van der Waals surface area contributed by atoms with Crippen molar-refractivity contribution in [2.45, 2.75) is 25.7 Å². The zero-order valence-electron chi connectivity index (χ0n) is 20.4. The van der Waals surface area contributed by atoms with Crippen molar-refractivity contribution in [3.63, 3.8) is 0 Å². The van der Waals surface area contributed by atoms with Gasteiger partial charge in [0.2, 0.25) is 0 Å². The fourth-order valence-corrected chi connectivity index (χ4v) is 3.94. The van der Waals surface area contributed by atoms with Gasteiger partial charge in [0.05, 0.1) is 19.8 Å². The number of benzene rings is 3. The van der Waals surface area contributed by atoms with Crippen LogP contribution in [0.3, 0.4) is 0 Å². The number of ether oxygens (including phenoxy) is 4. The molecule has 210 valence electrons. The van der Waals surface area contributed by atoms with E-state index in [1.807, 2.05) is 6.92 Å². The van der Waals surface area contributed by atoms with Crippen molar-refractivity contribution in [2.75, 3.05) is 26.4 Å². The lowest BCUT2D eigenvalue weighted by Gasteiger charge is -2.30. The third-order valence-electron chi connectivity index (χ3n) is 5.78. The van der Waals surface area contributed by atoms with Gasteiger partial charge in [0, 0.05) is 29.7 Å². The van der Waals surface area contributed by atoms with Gasteiger partial charge in [-0.1, -0.05) is 6.92 Å². The van der Waals surface area contributed by atoms with Gasteiger partial charge in [-0.3, -0.25) is 0 Å². The molecule has 0 saturated carbocycles. The number of hydrogen-bond acceptors (Lipinski definition) is 4. The summed E-state index contributed by atoms with van der Waals surface area (Å²) >= 11 is 0. The van der Waals surface area contributed by atoms with Crippen LogP contribution in [-0.2, 0) is 20.3 Å². The summed E-state index contributed by atoms with van der Waals surface area (Å²) in [7, 11) is 0. The number of alkyl halides is 2. The second-order valence-electron chi connectivity index (χ2n) is 8.81. The average molecular weight is 562 g/mol. The first-order valence-corrected chi connectivity index (χ1v) is 11.8. The van der Waals surface area contributed by atoms with E-state index in [4.69, 9.17) is 14.2 Å². The molecule has 4 rings (SSSR count). The summed E-state index contributed by atoms with van der Waals surface area (Å²) in [6, 6.07) is 4.32. The van der Waals surface area contributed by atoms with Gasteiger partial charge in [-0.25, -0.2) is 26.3 Å². The molecule has 0 N–H and O–H groups in total. The van der Waals surface area contributed by atoms with Gasteiger partial charge in [-0.15, -0.1) is 0 Å². The molecule has 12 heteroatoms. The average Bonchev–Trinajstić information content (AvgIpc) is 2.87. The second kappa shape index (κ2) is 11.9. The smallest absolute Gasteiger partial charge is 0.429 e. The Kier molecular flexibility index (Phi) is 8.77. The van der Waals surface area contributed by atoms with Crippen LogP contribution in [0.4, 0.5) is 35.1 Å². The van der Waals surface area contributed by atoms with Gasteiger partial charge in [0.25, 0.3) is 0 Å². The van der Waals surface area contributed by atoms with Crippen LogP contribution in [0.5, 0.6) is 5.75 Å². The highest BCUT2D eigenvalue weighted by Gasteiger charge is 2.42. The van der Waals surface area contributed by atoms with Crippen molar-refractivity contribution in [2.24, 2.45) is 5.92 Å². The summed E-state index contributed by atoms with van der Waals surface area (Å²) in [6.07, 6.45) is -4.96. The Morgan fingerprint density at radius 3 is 2.00 bits per heavy atom. The van der Waals surface area contributed by atoms with Crippen LogP contribution in [0.25, 0.3) is 11.1 Å². The summed E-state index contributed by atoms with van der Waals surface area (Å²) in [5, 5.41) is 0. The molecule has 1 aliphatic rings. The molecular formula is C27H22F8O4. The largest absolute Gasteiger partial charge is 0.432 e. The van der Waals surface area contributed by atoms with Crippen molar-refractivity contribution < 1.29 is 54.1 Å². The predicted octanol–water partition coefficient (Wildman–Crippen LogP) is 7.40. The van der Waals surface area contributed by atoms with E-state index >= 15 is 0 Å². The van der Waals surface area contributed by atoms with Gasteiger partial charge in [0.1, 0.15) is 28.8 Å². The van der Waals surface area contributed by atoms with Gasteiger partial charge in [-0.05, 0) is 48.4 Å². The SMILES string of the molecule is CCCOCC1COC(c2cc(F)c(C(F)(F)Oc3ccc(-c4cc(F)c(F)c(F)c4)c(F)c3)c(F)c2)OC1. The zero-order chi connectivity index (χ0) is 28.3. The quantitative estimate of drug-likeness (QED) is 0.155. The van der Waals surface area contributed by atoms with E-state index in [1.165, 1.54) is 0 Å². The van der Waals surface area contributed by atoms with Crippen molar-refractivity contribution >= 4 is 0 Å². The first kappa shape index (κ1) is 28.8. The summed E-state index contributed by atoms with van der Waals surface area (Å²) in [6.45, 7) is 3.20. The lowest BCUT2D eigenvalue weighted by atomic mass is 10.0. The molecule has 1 saturated heterocycles. The highest BCUT2D eigenvalue weighted by molar-refractivity contribution is 5.65. The number of halogens is 8. The van der Waals surface area contributed by atoms with E-state index in [9.17, 15) is 35.1 Å². The lowest BCUT2D eigenvalue weighted by molar-refractivity contribution is -0.212. The van der Waals surface area contributed by atoms with E-state index in [0.717, 1.165) is 18.6 Å².